The van der Waals surface area contributed by atoms with Crippen LogP contribution in [0.3, 0.4) is 0 Å². The molecule has 3 N–H and O–H groups in total. The highest BCUT2D eigenvalue weighted by Gasteiger charge is 2.29. The number of amides is 2. The van der Waals surface area contributed by atoms with Gasteiger partial charge < -0.3 is 20.4 Å². The number of benzene rings is 1. The number of phenolic OH excluding ortho intramolecular Hbond substituents is 1. The molecular formula is C17H28N2O3. The van der Waals surface area contributed by atoms with E-state index in [0.717, 1.165) is 12.8 Å². The summed E-state index contributed by atoms with van der Waals surface area (Å²) in [5.41, 5.74) is 0.424. The minimum atomic E-state index is -0.289. The van der Waals surface area contributed by atoms with E-state index in [1.807, 2.05) is 26.8 Å². The van der Waals surface area contributed by atoms with Gasteiger partial charge in [-0.2, -0.15) is 0 Å². The fraction of sp³-hybridized carbons (Fsp3) is 0.588. The van der Waals surface area contributed by atoms with Crippen molar-refractivity contribution in [2.75, 3.05) is 20.2 Å². The van der Waals surface area contributed by atoms with Crippen molar-refractivity contribution in [2.24, 2.45) is 5.41 Å². The summed E-state index contributed by atoms with van der Waals surface area (Å²) >= 11 is 0. The summed E-state index contributed by atoms with van der Waals surface area (Å²) in [6.45, 7) is 6.44. The maximum Gasteiger partial charge on any atom is 0.317 e. The second kappa shape index (κ2) is 8.03. The first-order chi connectivity index (χ1) is 10.4. The Bertz CT molecular complexity index is 478. The summed E-state index contributed by atoms with van der Waals surface area (Å²) in [6.07, 6.45) is 1.62. The van der Waals surface area contributed by atoms with Crippen LogP contribution < -0.4 is 5.32 Å². The number of hydrogen-bond acceptors (Lipinski definition) is 3. The van der Waals surface area contributed by atoms with E-state index in [1.54, 1.807) is 30.1 Å². The summed E-state index contributed by atoms with van der Waals surface area (Å²) in [6, 6.07) is 6.46. The van der Waals surface area contributed by atoms with Gasteiger partial charge in [-0.15, -0.1) is 0 Å². The lowest BCUT2D eigenvalue weighted by molar-refractivity contribution is 0.0835. The number of aromatic hydroxyl groups is 1. The van der Waals surface area contributed by atoms with Crippen LogP contribution in [0.15, 0.2) is 24.3 Å². The number of carbonyl (C=O) groups excluding carboxylic acids is 1. The highest BCUT2D eigenvalue weighted by molar-refractivity contribution is 5.74. The molecule has 0 aliphatic carbocycles. The Balaban J connectivity index is 2.70. The molecule has 0 fully saturated rings. The van der Waals surface area contributed by atoms with E-state index in [-0.39, 0.29) is 29.8 Å². The van der Waals surface area contributed by atoms with Gasteiger partial charge in [0.1, 0.15) is 5.75 Å². The normalized spacial score (nSPS) is 12.8. The molecule has 0 saturated carbocycles. The SMILES string of the molecule is CCC(CC)(CO)CN(C)C(=O)NC(C)c1ccccc1O. The Morgan fingerprint density at radius 1 is 1.32 bits per heavy atom. The lowest BCUT2D eigenvalue weighted by Gasteiger charge is -2.34. The van der Waals surface area contributed by atoms with Crippen molar-refractivity contribution in [1.29, 1.82) is 0 Å². The third-order valence-electron chi connectivity index (χ3n) is 4.50. The molecule has 0 aliphatic rings. The first-order valence-corrected chi connectivity index (χ1v) is 7.79. The summed E-state index contributed by atoms with van der Waals surface area (Å²) < 4.78 is 0. The average Bonchev–Trinajstić information content (AvgIpc) is 2.52. The molecule has 1 rings (SSSR count). The average molecular weight is 308 g/mol. The Morgan fingerprint density at radius 2 is 1.91 bits per heavy atom. The smallest absolute Gasteiger partial charge is 0.317 e. The molecule has 1 unspecified atom stereocenters. The van der Waals surface area contributed by atoms with Crippen LogP contribution in [0, 0.1) is 5.41 Å². The molecule has 0 aliphatic heterocycles. The molecule has 1 aromatic carbocycles. The van der Waals surface area contributed by atoms with Crippen LogP contribution in [0.5, 0.6) is 5.75 Å². The number of nitrogens with one attached hydrogen (secondary N) is 1. The lowest BCUT2D eigenvalue weighted by atomic mass is 9.83. The standard InChI is InChI=1S/C17H28N2O3/c1-5-17(6-2,12-20)11-19(4)16(22)18-13(3)14-9-7-8-10-15(14)21/h7-10,13,20-21H,5-6,11-12H2,1-4H3,(H,18,22). The highest BCUT2D eigenvalue weighted by Crippen LogP contribution is 2.27. The van der Waals surface area contributed by atoms with Gasteiger partial charge in [0.15, 0.2) is 0 Å². The number of phenols is 1. The number of aliphatic hydroxyl groups is 1. The molecule has 2 amide bonds. The fourth-order valence-electron chi connectivity index (χ4n) is 2.55. The summed E-state index contributed by atoms with van der Waals surface area (Å²) in [4.78, 5) is 13.9. The van der Waals surface area contributed by atoms with Crippen molar-refractivity contribution in [3.05, 3.63) is 29.8 Å². The van der Waals surface area contributed by atoms with Crippen LogP contribution in [0.1, 0.15) is 45.2 Å². The molecule has 5 heteroatoms. The first-order valence-electron chi connectivity index (χ1n) is 7.79. The van der Waals surface area contributed by atoms with E-state index >= 15 is 0 Å². The zero-order chi connectivity index (χ0) is 16.8. The lowest BCUT2D eigenvalue weighted by Crippen LogP contribution is -2.45. The predicted molar refractivity (Wildman–Crippen MR) is 87.8 cm³/mol. The number of urea groups is 1. The summed E-state index contributed by atoms with van der Waals surface area (Å²) in [7, 11) is 1.72. The van der Waals surface area contributed by atoms with Crippen LogP contribution in [0.2, 0.25) is 0 Å². The zero-order valence-electron chi connectivity index (χ0n) is 14.0. The second-order valence-electron chi connectivity index (χ2n) is 5.95. The Morgan fingerprint density at radius 3 is 2.41 bits per heavy atom. The van der Waals surface area contributed by atoms with Crippen molar-refractivity contribution in [1.82, 2.24) is 10.2 Å². The number of hydrogen-bond donors (Lipinski definition) is 3. The van der Waals surface area contributed by atoms with E-state index in [4.69, 9.17) is 0 Å². The predicted octanol–water partition coefficient (Wildman–Crippen LogP) is 2.89. The van der Waals surface area contributed by atoms with Gasteiger partial charge in [-0.05, 0) is 25.8 Å². The van der Waals surface area contributed by atoms with Crippen LogP contribution in [0.25, 0.3) is 0 Å². The van der Waals surface area contributed by atoms with Crippen LogP contribution >= 0.6 is 0 Å². The molecule has 22 heavy (non-hydrogen) atoms. The molecule has 0 bridgehead atoms. The number of rotatable bonds is 7. The largest absolute Gasteiger partial charge is 0.508 e. The number of carbonyl (C=O) groups is 1. The third kappa shape index (κ3) is 4.37. The van der Waals surface area contributed by atoms with Gasteiger partial charge in [-0.25, -0.2) is 4.79 Å². The van der Waals surface area contributed by atoms with Crippen molar-refractivity contribution in [2.45, 2.75) is 39.7 Å². The van der Waals surface area contributed by atoms with Gasteiger partial charge >= 0.3 is 6.03 Å². The van der Waals surface area contributed by atoms with E-state index in [2.05, 4.69) is 5.32 Å². The van der Waals surface area contributed by atoms with E-state index in [1.165, 1.54) is 0 Å². The maximum atomic E-state index is 12.3. The van der Waals surface area contributed by atoms with Gasteiger partial charge in [-0.3, -0.25) is 0 Å². The molecule has 1 atom stereocenters. The summed E-state index contributed by atoms with van der Waals surface area (Å²) in [5.74, 6) is 0.171. The minimum absolute atomic E-state index is 0.0621. The van der Waals surface area contributed by atoms with Gasteiger partial charge in [0, 0.05) is 24.6 Å². The van der Waals surface area contributed by atoms with Gasteiger partial charge in [0.2, 0.25) is 0 Å². The molecule has 0 saturated heterocycles. The molecule has 0 aromatic heterocycles. The summed E-state index contributed by atoms with van der Waals surface area (Å²) in [5, 5.41) is 22.3. The van der Waals surface area contributed by atoms with Crippen LogP contribution in [0.4, 0.5) is 4.79 Å². The van der Waals surface area contributed by atoms with Crippen LogP contribution in [-0.2, 0) is 0 Å². The number of nitrogens with zero attached hydrogens (tertiary/aromatic N) is 1. The van der Waals surface area contributed by atoms with E-state index in [0.29, 0.717) is 12.1 Å². The molecule has 0 radical (unpaired) electrons. The quantitative estimate of drug-likeness (QED) is 0.725. The van der Waals surface area contributed by atoms with E-state index < -0.39 is 0 Å². The van der Waals surface area contributed by atoms with Gasteiger partial charge in [-0.1, -0.05) is 32.0 Å². The van der Waals surface area contributed by atoms with E-state index in [9.17, 15) is 15.0 Å². The number of aliphatic hydroxyl groups excluding tert-OH is 1. The Labute approximate surface area is 133 Å². The third-order valence-corrected chi connectivity index (χ3v) is 4.50. The van der Waals surface area contributed by atoms with Gasteiger partial charge in [0.05, 0.1) is 12.6 Å². The molecular weight excluding hydrogens is 280 g/mol. The van der Waals surface area contributed by atoms with Crippen molar-refractivity contribution in [3.63, 3.8) is 0 Å². The first kappa shape index (κ1) is 18.3. The van der Waals surface area contributed by atoms with Gasteiger partial charge in [0.25, 0.3) is 0 Å². The molecule has 5 nitrogen and oxygen atoms in total. The Hall–Kier alpha value is -1.75. The molecule has 1 aromatic rings. The van der Waals surface area contributed by atoms with Crippen molar-refractivity contribution in [3.8, 4) is 5.75 Å². The fourth-order valence-corrected chi connectivity index (χ4v) is 2.55. The topological polar surface area (TPSA) is 72.8 Å². The van der Waals surface area contributed by atoms with Crippen LogP contribution in [-0.4, -0.2) is 41.3 Å². The molecule has 124 valence electrons. The maximum absolute atomic E-state index is 12.3. The monoisotopic (exact) mass is 308 g/mol. The number of para-hydroxylation sites is 1. The Kier molecular flexibility index (Phi) is 6.68. The molecule has 0 heterocycles. The minimum Gasteiger partial charge on any atom is -0.508 e. The van der Waals surface area contributed by atoms with Crippen molar-refractivity contribution < 1.29 is 15.0 Å². The second-order valence-corrected chi connectivity index (χ2v) is 5.95. The van der Waals surface area contributed by atoms with Crippen molar-refractivity contribution >= 4 is 6.03 Å². The molecule has 0 spiro atoms. The zero-order valence-corrected chi connectivity index (χ0v) is 14.0. The highest BCUT2D eigenvalue weighted by atomic mass is 16.3.